The Morgan fingerprint density at radius 3 is 2.50 bits per heavy atom. The van der Waals surface area contributed by atoms with Gasteiger partial charge in [0.1, 0.15) is 5.75 Å². The minimum Gasteiger partial charge on any atom is -0.435 e. The summed E-state index contributed by atoms with van der Waals surface area (Å²) in [4.78, 5) is 0. The van der Waals surface area contributed by atoms with Gasteiger partial charge in [0.25, 0.3) is 0 Å². The molecule has 0 aromatic heterocycles. The Labute approximate surface area is 77.7 Å². The Morgan fingerprint density at radius 1 is 1.33 bits per heavy atom. The number of alkyl halides is 2. The summed E-state index contributed by atoms with van der Waals surface area (Å²) in [5.74, 6) is 0.188. The first-order valence-electron chi connectivity index (χ1n) is 2.99. The molecule has 0 heterocycles. The van der Waals surface area contributed by atoms with Crippen LogP contribution in [0.15, 0.2) is 24.3 Å². The first-order chi connectivity index (χ1) is 5.18. The van der Waals surface area contributed by atoms with Crippen molar-refractivity contribution in [2.75, 3.05) is 0 Å². The van der Waals surface area contributed by atoms with Gasteiger partial charge in [0.2, 0.25) is 0 Å². The normalized spacial score (nSPS) is 9.33. The van der Waals surface area contributed by atoms with Crippen molar-refractivity contribution in [3.05, 3.63) is 24.3 Å². The maximum atomic E-state index is 11.6. The van der Waals surface area contributed by atoms with Gasteiger partial charge < -0.3 is 4.74 Å². The van der Waals surface area contributed by atoms with Crippen LogP contribution in [-0.4, -0.2) is 6.61 Å². The summed E-state index contributed by atoms with van der Waals surface area (Å²) < 4.78 is 27.4. The van der Waals surface area contributed by atoms with Crippen LogP contribution in [0.2, 0.25) is 0 Å². The van der Waals surface area contributed by atoms with Crippen LogP contribution >= 0.6 is 21.6 Å². The summed E-state index contributed by atoms with van der Waals surface area (Å²) in [6, 6.07) is 6.44. The van der Waals surface area contributed by atoms with E-state index >= 15 is 0 Å². The minimum absolute atomic E-state index is 0. The number of ether oxygens (including phenoxy) is 1. The van der Waals surface area contributed by atoms with Crippen molar-refractivity contribution < 1.29 is 13.5 Å². The van der Waals surface area contributed by atoms with Crippen molar-refractivity contribution in [3.8, 4) is 5.75 Å². The van der Waals surface area contributed by atoms with E-state index in [2.05, 4.69) is 14.0 Å². The van der Waals surface area contributed by atoms with Crippen molar-refractivity contribution in [1.29, 1.82) is 0 Å². The van der Waals surface area contributed by atoms with E-state index in [-0.39, 0.29) is 18.2 Å². The van der Waals surface area contributed by atoms with Crippen LogP contribution in [0.5, 0.6) is 5.75 Å². The molecule has 68 valence electrons. The molecule has 0 N–H and O–H groups in total. The summed E-state index contributed by atoms with van der Waals surface area (Å²) >= 11 is 0. The fourth-order valence-corrected chi connectivity index (χ4v) is 0.966. The van der Waals surface area contributed by atoms with Gasteiger partial charge in [-0.25, -0.2) is 0 Å². The van der Waals surface area contributed by atoms with Crippen LogP contribution in [0.25, 0.3) is 0 Å². The van der Waals surface area contributed by atoms with E-state index in [1.807, 2.05) is 0 Å². The van der Waals surface area contributed by atoms with Crippen molar-refractivity contribution >= 4 is 27.0 Å². The van der Waals surface area contributed by atoms with Gasteiger partial charge in [-0.2, -0.15) is 8.78 Å². The Bertz CT molecular complexity index is 245. The predicted octanol–water partition coefficient (Wildman–Crippen LogP) is 2.21. The molecule has 5 heteroatoms. The van der Waals surface area contributed by atoms with Gasteiger partial charge in [-0.3, -0.25) is 0 Å². The molecule has 1 rings (SSSR count). The van der Waals surface area contributed by atoms with E-state index in [1.165, 1.54) is 12.1 Å². The molecule has 0 aliphatic carbocycles. The lowest BCUT2D eigenvalue weighted by Crippen LogP contribution is -2.03. The second-order valence-corrected chi connectivity index (χ2v) is 2.62. The molecule has 0 aliphatic rings. The zero-order valence-corrected chi connectivity index (χ0v) is 8.01. The maximum Gasteiger partial charge on any atom is 0.387 e. The monoisotopic (exact) mass is 212 g/mol. The third-order valence-corrected chi connectivity index (χ3v) is 1.44. The second-order valence-electron chi connectivity index (χ2n) is 1.95. The molecule has 1 unspecified atom stereocenters. The van der Waals surface area contributed by atoms with Crippen LogP contribution in [0.4, 0.5) is 8.78 Å². The van der Waals surface area contributed by atoms with Crippen molar-refractivity contribution in [1.82, 2.24) is 0 Å². The lowest BCUT2D eigenvalue weighted by atomic mass is 10.3. The van der Waals surface area contributed by atoms with Crippen LogP contribution < -0.4 is 10.0 Å². The lowest BCUT2D eigenvalue weighted by Gasteiger charge is -2.03. The summed E-state index contributed by atoms with van der Waals surface area (Å²) in [6.07, 6.45) is 0. The lowest BCUT2D eigenvalue weighted by molar-refractivity contribution is -0.0497. The van der Waals surface area contributed by atoms with Crippen LogP contribution in [-0.2, 0) is 0 Å². The van der Waals surface area contributed by atoms with Crippen LogP contribution in [0, 0.1) is 0 Å². The number of hydrogen-bond donors (Lipinski definition) is 0. The molecule has 0 fully saturated rings. The Kier molecular flexibility index (Phi) is 5.11. The standard InChI is InChI=1S/C7H7F2OP.ClH/c8-7(9)10-5-2-1-3-6(11)4-5;/h1-4,7H,11H2;1H. The van der Waals surface area contributed by atoms with E-state index < -0.39 is 6.61 Å². The van der Waals surface area contributed by atoms with Gasteiger partial charge in [0.15, 0.2) is 0 Å². The molecule has 0 spiro atoms. The molecule has 1 aromatic rings. The number of benzene rings is 1. The largest absolute Gasteiger partial charge is 0.435 e. The third kappa shape index (κ3) is 3.84. The third-order valence-electron chi connectivity index (χ3n) is 1.08. The minimum atomic E-state index is -2.75. The highest BCUT2D eigenvalue weighted by Crippen LogP contribution is 2.11. The summed E-state index contributed by atoms with van der Waals surface area (Å²) in [7, 11) is 2.40. The van der Waals surface area contributed by atoms with E-state index in [1.54, 1.807) is 12.1 Å². The summed E-state index contributed by atoms with van der Waals surface area (Å²) in [5.41, 5.74) is 0. The van der Waals surface area contributed by atoms with E-state index in [0.29, 0.717) is 0 Å². The molecule has 0 saturated heterocycles. The highest BCUT2D eigenvalue weighted by Gasteiger charge is 2.02. The van der Waals surface area contributed by atoms with Crippen LogP contribution in [0.3, 0.4) is 0 Å². The fraction of sp³-hybridized carbons (Fsp3) is 0.143. The van der Waals surface area contributed by atoms with Crippen molar-refractivity contribution in [2.24, 2.45) is 0 Å². The van der Waals surface area contributed by atoms with E-state index in [0.717, 1.165) is 5.30 Å². The average Bonchev–Trinajstić information content (AvgIpc) is 1.85. The SMILES string of the molecule is Cl.FC(F)Oc1cccc(P)c1. The van der Waals surface area contributed by atoms with Gasteiger partial charge in [-0.1, -0.05) is 12.1 Å². The maximum absolute atomic E-state index is 11.6. The first kappa shape index (κ1) is 11.6. The van der Waals surface area contributed by atoms with Gasteiger partial charge >= 0.3 is 6.61 Å². The smallest absolute Gasteiger partial charge is 0.387 e. The zero-order valence-electron chi connectivity index (χ0n) is 6.04. The molecule has 0 radical (unpaired) electrons. The highest BCUT2D eigenvalue weighted by molar-refractivity contribution is 7.27. The molecule has 12 heavy (non-hydrogen) atoms. The zero-order chi connectivity index (χ0) is 8.27. The van der Waals surface area contributed by atoms with Gasteiger partial charge in [-0.15, -0.1) is 21.6 Å². The highest BCUT2D eigenvalue weighted by atomic mass is 35.5. The molecule has 0 amide bonds. The molecular weight excluding hydrogens is 204 g/mol. The van der Waals surface area contributed by atoms with E-state index in [9.17, 15) is 8.78 Å². The van der Waals surface area contributed by atoms with Crippen molar-refractivity contribution in [2.45, 2.75) is 6.61 Å². The molecule has 0 aliphatic heterocycles. The van der Waals surface area contributed by atoms with Gasteiger partial charge in [0, 0.05) is 0 Å². The quantitative estimate of drug-likeness (QED) is 0.683. The number of hydrogen-bond acceptors (Lipinski definition) is 1. The van der Waals surface area contributed by atoms with Gasteiger partial charge in [0.05, 0.1) is 0 Å². The Morgan fingerprint density at radius 2 is 2.00 bits per heavy atom. The fourth-order valence-electron chi connectivity index (χ4n) is 0.691. The molecular formula is C7H8ClF2OP. The molecule has 1 aromatic carbocycles. The summed E-state index contributed by atoms with van der Waals surface area (Å²) in [5, 5.41) is 0.822. The van der Waals surface area contributed by atoms with E-state index in [4.69, 9.17) is 0 Å². The Hall–Kier alpha value is -0.400. The number of rotatable bonds is 2. The average molecular weight is 213 g/mol. The van der Waals surface area contributed by atoms with Crippen molar-refractivity contribution in [3.63, 3.8) is 0 Å². The molecule has 1 nitrogen and oxygen atoms in total. The molecule has 0 saturated carbocycles. The molecule has 1 atom stereocenters. The van der Waals surface area contributed by atoms with Gasteiger partial charge in [-0.05, 0) is 17.4 Å². The first-order valence-corrected chi connectivity index (χ1v) is 3.56. The summed E-state index contributed by atoms with van der Waals surface area (Å²) in [6.45, 7) is -2.75. The predicted molar refractivity (Wildman–Crippen MR) is 49.7 cm³/mol. The Balaban J connectivity index is 0.00000121. The van der Waals surface area contributed by atoms with Crippen LogP contribution in [0.1, 0.15) is 0 Å². The second kappa shape index (κ2) is 5.28. The molecule has 0 bridgehead atoms. The number of halogens is 3. The topological polar surface area (TPSA) is 9.23 Å².